The number of aromatic nitrogens is 2. The van der Waals surface area contributed by atoms with Gasteiger partial charge in [0.1, 0.15) is 11.6 Å². The monoisotopic (exact) mass is 435 g/mol. The van der Waals surface area contributed by atoms with Crippen molar-refractivity contribution >= 4 is 10.9 Å². The molecule has 0 aliphatic carbocycles. The van der Waals surface area contributed by atoms with Crippen LogP contribution in [0.3, 0.4) is 0 Å². The smallest absolute Gasteiger partial charge is 0.261 e. The molecule has 0 spiro atoms. The van der Waals surface area contributed by atoms with Crippen LogP contribution in [0.1, 0.15) is 57.8 Å². The first kappa shape index (κ1) is 22.7. The maximum atomic E-state index is 14.5. The molecule has 1 atom stereocenters. The van der Waals surface area contributed by atoms with E-state index in [1.807, 2.05) is 35.8 Å². The van der Waals surface area contributed by atoms with Crippen molar-refractivity contribution in [3.05, 3.63) is 64.0 Å². The summed E-state index contributed by atoms with van der Waals surface area (Å²) in [6.45, 7) is 13.4. The van der Waals surface area contributed by atoms with Gasteiger partial charge in [-0.2, -0.15) is 0 Å². The van der Waals surface area contributed by atoms with Gasteiger partial charge in [-0.15, -0.1) is 0 Å². The molecule has 1 saturated heterocycles. The SMILES string of the molecule is Cc1ccc(F)c(-c2ccc3nc(C(C)C)n(C[C@H]4CCCN(C(C)C)C4)c(=O)c3c2)c1. The molecule has 5 heteroatoms. The van der Waals surface area contributed by atoms with E-state index < -0.39 is 0 Å². The van der Waals surface area contributed by atoms with E-state index in [0.29, 0.717) is 40.5 Å². The quantitative estimate of drug-likeness (QED) is 0.512. The Morgan fingerprint density at radius 3 is 2.62 bits per heavy atom. The van der Waals surface area contributed by atoms with Crippen molar-refractivity contribution in [1.82, 2.24) is 14.5 Å². The number of piperidine rings is 1. The van der Waals surface area contributed by atoms with Gasteiger partial charge in [0.15, 0.2) is 0 Å². The summed E-state index contributed by atoms with van der Waals surface area (Å²) >= 11 is 0. The van der Waals surface area contributed by atoms with Crippen LogP contribution in [0.4, 0.5) is 4.39 Å². The van der Waals surface area contributed by atoms with Gasteiger partial charge in [-0.1, -0.05) is 31.5 Å². The lowest BCUT2D eigenvalue weighted by Gasteiger charge is -2.36. The lowest BCUT2D eigenvalue weighted by Crippen LogP contribution is -2.42. The third-order valence-corrected chi connectivity index (χ3v) is 6.65. The van der Waals surface area contributed by atoms with Gasteiger partial charge >= 0.3 is 0 Å². The van der Waals surface area contributed by atoms with Crippen LogP contribution in [-0.4, -0.2) is 33.6 Å². The number of hydrogen-bond donors (Lipinski definition) is 0. The molecule has 170 valence electrons. The van der Waals surface area contributed by atoms with Gasteiger partial charge < -0.3 is 4.90 Å². The highest BCUT2D eigenvalue weighted by molar-refractivity contribution is 5.84. The van der Waals surface area contributed by atoms with E-state index in [2.05, 4.69) is 32.6 Å². The first-order chi connectivity index (χ1) is 15.2. The Bertz CT molecular complexity index is 1180. The lowest BCUT2D eigenvalue weighted by molar-refractivity contribution is 0.129. The van der Waals surface area contributed by atoms with Crippen LogP contribution in [0.25, 0.3) is 22.0 Å². The van der Waals surface area contributed by atoms with Crippen molar-refractivity contribution in [3.63, 3.8) is 0 Å². The number of hydrogen-bond acceptors (Lipinski definition) is 3. The minimum absolute atomic E-state index is 0.0183. The van der Waals surface area contributed by atoms with Gasteiger partial charge in [-0.05, 0) is 75.9 Å². The van der Waals surface area contributed by atoms with E-state index in [4.69, 9.17) is 4.98 Å². The molecule has 4 rings (SSSR count). The Balaban J connectivity index is 1.79. The Kier molecular flexibility index (Phi) is 6.47. The van der Waals surface area contributed by atoms with Gasteiger partial charge in [0.25, 0.3) is 5.56 Å². The van der Waals surface area contributed by atoms with Crippen LogP contribution >= 0.6 is 0 Å². The van der Waals surface area contributed by atoms with Gasteiger partial charge in [0.05, 0.1) is 10.9 Å². The Morgan fingerprint density at radius 1 is 1.12 bits per heavy atom. The highest BCUT2D eigenvalue weighted by Gasteiger charge is 2.24. The topological polar surface area (TPSA) is 38.1 Å². The van der Waals surface area contributed by atoms with Crippen molar-refractivity contribution in [2.24, 2.45) is 5.92 Å². The highest BCUT2D eigenvalue weighted by atomic mass is 19.1. The molecule has 4 nitrogen and oxygen atoms in total. The third-order valence-electron chi connectivity index (χ3n) is 6.65. The summed E-state index contributed by atoms with van der Waals surface area (Å²) in [5, 5.41) is 0.560. The van der Waals surface area contributed by atoms with Gasteiger partial charge in [0, 0.05) is 30.6 Å². The summed E-state index contributed by atoms with van der Waals surface area (Å²) in [5.41, 5.74) is 2.88. The van der Waals surface area contributed by atoms with Crippen LogP contribution in [-0.2, 0) is 6.54 Å². The molecule has 0 unspecified atom stereocenters. The van der Waals surface area contributed by atoms with Gasteiger partial charge in [0.2, 0.25) is 0 Å². The van der Waals surface area contributed by atoms with E-state index in [1.54, 1.807) is 6.07 Å². The van der Waals surface area contributed by atoms with Crippen LogP contribution < -0.4 is 5.56 Å². The predicted molar refractivity (Wildman–Crippen MR) is 130 cm³/mol. The molecular weight excluding hydrogens is 401 g/mol. The number of likely N-dealkylation sites (tertiary alicyclic amines) is 1. The van der Waals surface area contributed by atoms with E-state index in [-0.39, 0.29) is 17.3 Å². The number of nitrogens with zero attached hydrogens (tertiary/aromatic N) is 3. The van der Waals surface area contributed by atoms with Crippen molar-refractivity contribution in [1.29, 1.82) is 0 Å². The fourth-order valence-electron chi connectivity index (χ4n) is 4.86. The molecule has 1 aromatic heterocycles. The fourth-order valence-corrected chi connectivity index (χ4v) is 4.86. The normalized spacial score (nSPS) is 17.6. The zero-order chi connectivity index (χ0) is 23.0. The Morgan fingerprint density at radius 2 is 1.91 bits per heavy atom. The average Bonchev–Trinajstić information content (AvgIpc) is 2.77. The van der Waals surface area contributed by atoms with Gasteiger partial charge in [-0.3, -0.25) is 9.36 Å². The maximum Gasteiger partial charge on any atom is 0.261 e. The molecule has 3 aromatic rings. The van der Waals surface area contributed by atoms with Gasteiger partial charge in [-0.25, -0.2) is 9.37 Å². The van der Waals surface area contributed by atoms with E-state index >= 15 is 0 Å². The summed E-state index contributed by atoms with van der Waals surface area (Å²) in [6.07, 6.45) is 2.28. The number of fused-ring (bicyclic) bond motifs is 1. The van der Waals surface area contributed by atoms with Crippen LogP contribution in [0.2, 0.25) is 0 Å². The third kappa shape index (κ3) is 4.49. The number of halogens is 1. The van der Waals surface area contributed by atoms with E-state index in [0.717, 1.165) is 37.3 Å². The average molecular weight is 436 g/mol. The molecule has 1 fully saturated rings. The second-order valence-corrected chi connectivity index (χ2v) is 9.85. The first-order valence-corrected chi connectivity index (χ1v) is 11.8. The Labute approximate surface area is 190 Å². The number of rotatable bonds is 5. The molecule has 1 aliphatic rings. The van der Waals surface area contributed by atoms with Crippen LogP contribution in [0.5, 0.6) is 0 Å². The highest BCUT2D eigenvalue weighted by Crippen LogP contribution is 2.27. The van der Waals surface area contributed by atoms with Crippen molar-refractivity contribution in [3.8, 4) is 11.1 Å². The second-order valence-electron chi connectivity index (χ2n) is 9.85. The predicted octanol–water partition coefficient (Wildman–Crippen LogP) is 5.75. The largest absolute Gasteiger partial charge is 0.301 e. The molecule has 2 aromatic carbocycles. The molecule has 0 saturated carbocycles. The molecule has 0 amide bonds. The molecule has 0 radical (unpaired) electrons. The van der Waals surface area contributed by atoms with Crippen molar-refractivity contribution in [2.75, 3.05) is 13.1 Å². The Hall–Kier alpha value is -2.53. The zero-order valence-electron chi connectivity index (χ0n) is 19.9. The maximum absolute atomic E-state index is 14.5. The van der Waals surface area contributed by atoms with Crippen LogP contribution in [0.15, 0.2) is 41.2 Å². The first-order valence-electron chi connectivity index (χ1n) is 11.8. The molecular formula is C27H34FN3O. The molecule has 0 bridgehead atoms. The van der Waals surface area contributed by atoms with Crippen molar-refractivity contribution in [2.45, 2.75) is 66.0 Å². The number of aryl methyl sites for hydroxylation is 1. The molecule has 0 N–H and O–H groups in total. The summed E-state index contributed by atoms with van der Waals surface area (Å²) in [6, 6.07) is 11.1. The second kappa shape index (κ2) is 9.14. The molecule has 2 heterocycles. The summed E-state index contributed by atoms with van der Waals surface area (Å²) in [4.78, 5) is 21.1. The molecule has 32 heavy (non-hydrogen) atoms. The summed E-state index contributed by atoms with van der Waals surface area (Å²) in [7, 11) is 0. The van der Waals surface area contributed by atoms with Crippen LogP contribution in [0, 0.1) is 18.7 Å². The standard InChI is InChI=1S/C27H34FN3O/c1-17(2)26-29-25-11-9-21(22-13-19(5)8-10-24(22)28)14-23(25)27(32)31(26)16-20-7-6-12-30(15-20)18(3)4/h8-11,13-14,17-18,20H,6-7,12,15-16H2,1-5H3/t20-/m0/s1. The number of benzene rings is 2. The van der Waals surface area contributed by atoms with Crippen molar-refractivity contribution < 1.29 is 4.39 Å². The van der Waals surface area contributed by atoms with E-state index in [9.17, 15) is 9.18 Å². The minimum Gasteiger partial charge on any atom is -0.301 e. The fraction of sp³-hybridized carbons (Fsp3) is 0.481. The lowest BCUT2D eigenvalue weighted by atomic mass is 9.96. The molecule has 1 aliphatic heterocycles. The summed E-state index contributed by atoms with van der Waals surface area (Å²) in [5.74, 6) is 1.13. The minimum atomic E-state index is -0.280. The summed E-state index contributed by atoms with van der Waals surface area (Å²) < 4.78 is 16.4. The zero-order valence-corrected chi connectivity index (χ0v) is 19.9. The van der Waals surface area contributed by atoms with E-state index in [1.165, 1.54) is 6.07 Å².